The summed E-state index contributed by atoms with van der Waals surface area (Å²) >= 11 is 1.96. The van der Waals surface area contributed by atoms with Gasteiger partial charge in [0.2, 0.25) is 0 Å². The summed E-state index contributed by atoms with van der Waals surface area (Å²) in [7, 11) is 0. The lowest BCUT2D eigenvalue weighted by molar-refractivity contribution is 0.506. The number of H-pyrrole nitrogens is 1. The van der Waals surface area contributed by atoms with Crippen LogP contribution in [-0.4, -0.2) is 20.5 Å². The van der Waals surface area contributed by atoms with Gasteiger partial charge >= 0.3 is 5.69 Å². The number of anilines is 2. The number of thioether (sulfide) groups is 1. The molecule has 1 unspecified atom stereocenters. The third kappa shape index (κ3) is 2.57. The summed E-state index contributed by atoms with van der Waals surface area (Å²) in [5.74, 6) is 2.01. The maximum Gasteiger partial charge on any atom is 0.348 e. The zero-order valence-corrected chi connectivity index (χ0v) is 10.9. The number of hydrogen-bond acceptors (Lipinski definition) is 5. The van der Waals surface area contributed by atoms with Crippen molar-refractivity contribution in [2.75, 3.05) is 17.2 Å². The van der Waals surface area contributed by atoms with Crippen molar-refractivity contribution >= 4 is 23.4 Å². The van der Waals surface area contributed by atoms with E-state index in [1.807, 2.05) is 11.8 Å². The molecule has 1 fully saturated rings. The Morgan fingerprint density at radius 1 is 1.47 bits per heavy atom. The SMILES string of the molecule is CC1(C)CC(c2c(N)nc(=O)[nH]c2N)CCS1. The van der Waals surface area contributed by atoms with Gasteiger partial charge in [0.05, 0.1) is 0 Å². The normalized spacial score (nSPS) is 23.5. The third-order valence-corrected chi connectivity index (χ3v) is 4.52. The van der Waals surface area contributed by atoms with Crippen LogP contribution in [0.2, 0.25) is 0 Å². The van der Waals surface area contributed by atoms with Gasteiger partial charge in [0, 0.05) is 10.3 Å². The molecular formula is C11H18N4OS. The highest BCUT2D eigenvalue weighted by molar-refractivity contribution is 8.00. The van der Waals surface area contributed by atoms with Crippen molar-refractivity contribution in [2.24, 2.45) is 0 Å². The second-order valence-electron chi connectivity index (χ2n) is 5.05. The van der Waals surface area contributed by atoms with Crippen LogP contribution >= 0.6 is 11.8 Å². The molecule has 1 atom stereocenters. The van der Waals surface area contributed by atoms with Crippen molar-refractivity contribution in [1.82, 2.24) is 9.97 Å². The zero-order valence-electron chi connectivity index (χ0n) is 10.1. The Labute approximate surface area is 104 Å². The van der Waals surface area contributed by atoms with E-state index in [1.54, 1.807) is 0 Å². The summed E-state index contributed by atoms with van der Waals surface area (Å²) < 4.78 is 0.220. The summed E-state index contributed by atoms with van der Waals surface area (Å²) in [6.07, 6.45) is 2.02. The molecule has 2 heterocycles. The van der Waals surface area contributed by atoms with Gasteiger partial charge in [-0.15, -0.1) is 0 Å². The van der Waals surface area contributed by atoms with Crippen LogP contribution in [0.4, 0.5) is 11.6 Å². The molecule has 0 amide bonds. The van der Waals surface area contributed by atoms with E-state index in [0.29, 0.717) is 5.82 Å². The van der Waals surface area contributed by atoms with E-state index in [4.69, 9.17) is 11.5 Å². The van der Waals surface area contributed by atoms with Gasteiger partial charge in [-0.1, -0.05) is 13.8 Å². The van der Waals surface area contributed by atoms with Gasteiger partial charge in [-0.25, -0.2) is 4.79 Å². The molecule has 1 aliphatic rings. The largest absolute Gasteiger partial charge is 0.385 e. The van der Waals surface area contributed by atoms with Crippen LogP contribution in [0.5, 0.6) is 0 Å². The highest BCUT2D eigenvalue weighted by Crippen LogP contribution is 2.44. The van der Waals surface area contributed by atoms with E-state index >= 15 is 0 Å². The quantitative estimate of drug-likeness (QED) is 0.702. The first-order valence-corrected chi connectivity index (χ1v) is 6.67. The minimum Gasteiger partial charge on any atom is -0.385 e. The third-order valence-electron chi connectivity index (χ3n) is 3.14. The summed E-state index contributed by atoms with van der Waals surface area (Å²) in [5, 5.41) is 0. The van der Waals surface area contributed by atoms with Crippen LogP contribution in [-0.2, 0) is 0 Å². The Bertz CT molecular complexity index is 457. The summed E-state index contributed by atoms with van der Waals surface area (Å²) in [6.45, 7) is 4.44. The lowest BCUT2D eigenvalue weighted by Gasteiger charge is -2.35. The minimum atomic E-state index is -0.479. The number of nitrogens with two attached hydrogens (primary N) is 2. The topological polar surface area (TPSA) is 97.8 Å². The fraction of sp³-hybridized carbons (Fsp3) is 0.636. The highest BCUT2D eigenvalue weighted by atomic mass is 32.2. The summed E-state index contributed by atoms with van der Waals surface area (Å²) in [6, 6.07) is 0. The van der Waals surface area contributed by atoms with Crippen molar-refractivity contribution in [3.63, 3.8) is 0 Å². The molecule has 1 saturated heterocycles. The van der Waals surface area contributed by atoms with Crippen LogP contribution < -0.4 is 17.2 Å². The molecule has 0 aliphatic carbocycles. The van der Waals surface area contributed by atoms with Gasteiger partial charge in [-0.3, -0.25) is 4.98 Å². The van der Waals surface area contributed by atoms with Gasteiger partial charge in [-0.05, 0) is 24.5 Å². The molecule has 0 spiro atoms. The van der Waals surface area contributed by atoms with Gasteiger partial charge in [0.15, 0.2) is 0 Å². The molecule has 1 aromatic heterocycles. The molecule has 0 bridgehead atoms. The van der Waals surface area contributed by atoms with Gasteiger partial charge in [0.25, 0.3) is 0 Å². The van der Waals surface area contributed by atoms with Gasteiger partial charge < -0.3 is 11.5 Å². The van der Waals surface area contributed by atoms with Crippen LogP contribution in [0.1, 0.15) is 38.2 Å². The molecule has 0 aromatic carbocycles. The number of nitrogens with one attached hydrogen (secondary N) is 1. The molecule has 5 N–H and O–H groups in total. The Morgan fingerprint density at radius 2 is 2.18 bits per heavy atom. The molecule has 17 heavy (non-hydrogen) atoms. The van der Waals surface area contributed by atoms with Gasteiger partial charge in [0.1, 0.15) is 11.6 Å². The Kier molecular flexibility index (Phi) is 3.07. The molecule has 6 heteroatoms. The van der Waals surface area contributed by atoms with E-state index < -0.39 is 5.69 Å². The van der Waals surface area contributed by atoms with Crippen molar-refractivity contribution in [1.29, 1.82) is 0 Å². The zero-order chi connectivity index (χ0) is 12.6. The molecule has 2 rings (SSSR count). The molecular weight excluding hydrogens is 236 g/mol. The Hall–Kier alpha value is -1.17. The van der Waals surface area contributed by atoms with Gasteiger partial charge in [-0.2, -0.15) is 16.7 Å². The first-order valence-electron chi connectivity index (χ1n) is 5.68. The molecule has 5 nitrogen and oxygen atoms in total. The van der Waals surface area contributed by atoms with E-state index in [2.05, 4.69) is 23.8 Å². The number of rotatable bonds is 1. The molecule has 0 radical (unpaired) electrons. The van der Waals surface area contributed by atoms with Crippen LogP contribution in [0.3, 0.4) is 0 Å². The predicted octanol–water partition coefficient (Wildman–Crippen LogP) is 1.32. The summed E-state index contributed by atoms with van der Waals surface area (Å²) in [4.78, 5) is 17.4. The summed E-state index contributed by atoms with van der Waals surface area (Å²) in [5.41, 5.74) is 12.0. The molecule has 1 aromatic rings. The number of aromatic amines is 1. The number of aromatic nitrogens is 2. The van der Waals surface area contributed by atoms with E-state index in [-0.39, 0.29) is 16.5 Å². The highest BCUT2D eigenvalue weighted by Gasteiger charge is 2.32. The standard InChI is InChI=1S/C11H18N4OS/c1-11(2)5-6(3-4-17-11)7-8(12)14-10(16)15-9(7)13/h6H,3-5H2,1-2H3,(H5,12,13,14,15,16). The first-order chi connectivity index (χ1) is 7.89. The average Bonchev–Trinajstić information content (AvgIpc) is 2.13. The van der Waals surface area contributed by atoms with Crippen molar-refractivity contribution in [3.8, 4) is 0 Å². The predicted molar refractivity (Wildman–Crippen MR) is 72.2 cm³/mol. The molecule has 94 valence electrons. The lowest BCUT2D eigenvalue weighted by atomic mass is 9.87. The number of nitrogens with zero attached hydrogens (tertiary/aromatic N) is 1. The molecule has 1 aliphatic heterocycles. The lowest BCUT2D eigenvalue weighted by Crippen LogP contribution is -2.28. The average molecular weight is 254 g/mol. The first kappa shape index (κ1) is 12.3. The monoisotopic (exact) mass is 254 g/mol. The number of nitrogen functional groups attached to an aromatic ring is 2. The van der Waals surface area contributed by atoms with Crippen LogP contribution in [0.25, 0.3) is 0 Å². The maximum absolute atomic E-state index is 11.1. The Balaban J connectivity index is 2.37. The van der Waals surface area contributed by atoms with Crippen molar-refractivity contribution < 1.29 is 0 Å². The maximum atomic E-state index is 11.1. The smallest absolute Gasteiger partial charge is 0.348 e. The number of hydrogen-bond donors (Lipinski definition) is 3. The molecule has 0 saturated carbocycles. The van der Waals surface area contributed by atoms with E-state index in [0.717, 1.165) is 24.2 Å². The van der Waals surface area contributed by atoms with Crippen LogP contribution in [0, 0.1) is 0 Å². The fourth-order valence-corrected chi connectivity index (χ4v) is 3.70. The van der Waals surface area contributed by atoms with E-state index in [9.17, 15) is 4.79 Å². The Morgan fingerprint density at radius 3 is 2.76 bits per heavy atom. The van der Waals surface area contributed by atoms with E-state index in [1.165, 1.54) is 0 Å². The second-order valence-corrected chi connectivity index (χ2v) is 6.85. The minimum absolute atomic E-state index is 0.220. The van der Waals surface area contributed by atoms with Crippen molar-refractivity contribution in [2.45, 2.75) is 37.4 Å². The fourth-order valence-electron chi connectivity index (χ4n) is 2.43. The second kappa shape index (κ2) is 4.25. The van der Waals surface area contributed by atoms with Crippen molar-refractivity contribution in [3.05, 3.63) is 16.0 Å². The van der Waals surface area contributed by atoms with Crippen LogP contribution in [0.15, 0.2) is 4.79 Å².